The van der Waals surface area contributed by atoms with Gasteiger partial charge in [0, 0.05) is 49.6 Å². The molecule has 4 N–H and O–H groups in total. The number of hydrogen-bond acceptors (Lipinski definition) is 8. The molecule has 2 aromatic carbocycles. The molecule has 1 amide bonds. The molecule has 0 radical (unpaired) electrons. The summed E-state index contributed by atoms with van der Waals surface area (Å²) in [6, 6.07) is 11.5. The largest absolute Gasteiger partial charge is 0.496 e. The third-order valence-electron chi connectivity index (χ3n) is 8.19. The first-order chi connectivity index (χ1) is 19.9. The van der Waals surface area contributed by atoms with Crippen molar-refractivity contribution >= 4 is 29.1 Å². The number of allylic oxidation sites excluding steroid dienone is 1. The number of amides is 1. The lowest BCUT2D eigenvalue weighted by Gasteiger charge is -2.38. The van der Waals surface area contributed by atoms with Crippen molar-refractivity contribution in [3.63, 3.8) is 0 Å². The Morgan fingerprint density at radius 2 is 1.98 bits per heavy atom. The lowest BCUT2D eigenvalue weighted by Crippen LogP contribution is -2.41. The Morgan fingerprint density at radius 3 is 2.71 bits per heavy atom. The fourth-order valence-electron chi connectivity index (χ4n) is 5.91. The number of fused-ring (bicyclic) bond motifs is 1. The Kier molecular flexibility index (Phi) is 6.80. The normalized spacial score (nSPS) is 16.0. The summed E-state index contributed by atoms with van der Waals surface area (Å²) < 4.78 is 20.9. The van der Waals surface area contributed by atoms with E-state index in [1.165, 1.54) is 19.2 Å². The molecule has 4 heterocycles. The Morgan fingerprint density at radius 1 is 1.20 bits per heavy atom. The number of piperidine rings is 1. The average Bonchev–Trinajstić information content (AvgIpc) is 3.59. The number of imidazole rings is 1. The van der Waals surface area contributed by atoms with E-state index in [0.717, 1.165) is 67.6 Å². The molecule has 2 saturated heterocycles. The Labute approximate surface area is 236 Å². The molecule has 6 rings (SSSR count). The van der Waals surface area contributed by atoms with Crippen molar-refractivity contribution in [2.45, 2.75) is 25.8 Å². The minimum Gasteiger partial charge on any atom is -0.496 e. The van der Waals surface area contributed by atoms with Gasteiger partial charge in [-0.25, -0.2) is 19.2 Å². The van der Waals surface area contributed by atoms with Gasteiger partial charge in [0.15, 0.2) is 0 Å². The first-order valence-corrected chi connectivity index (χ1v) is 13.5. The van der Waals surface area contributed by atoms with Crippen LogP contribution in [0.1, 0.15) is 35.2 Å². The molecular weight excluding hydrogens is 525 g/mol. The van der Waals surface area contributed by atoms with Gasteiger partial charge in [0.25, 0.3) is 5.91 Å². The number of halogens is 1. The summed E-state index contributed by atoms with van der Waals surface area (Å²) in [5.41, 5.74) is 10.2. The lowest BCUT2D eigenvalue weighted by molar-refractivity contribution is 0.0947. The van der Waals surface area contributed by atoms with Crippen LogP contribution in [0.5, 0.6) is 5.75 Å². The van der Waals surface area contributed by atoms with Gasteiger partial charge in [0.1, 0.15) is 40.2 Å². The first-order valence-electron chi connectivity index (χ1n) is 13.5. The Bertz CT molecular complexity index is 1670. The summed E-state index contributed by atoms with van der Waals surface area (Å²) in [6.07, 6.45) is 6.16. The minimum absolute atomic E-state index is 0.125. The number of hydrogen-bond donors (Lipinski definition) is 3. The van der Waals surface area contributed by atoms with Crippen molar-refractivity contribution in [2.24, 2.45) is 5.41 Å². The van der Waals surface area contributed by atoms with Crippen LogP contribution in [-0.4, -0.2) is 53.0 Å². The number of nitrogens with zero attached hydrogens (tertiary/aromatic N) is 4. The zero-order valence-corrected chi connectivity index (χ0v) is 22.6. The predicted molar refractivity (Wildman–Crippen MR) is 153 cm³/mol. The summed E-state index contributed by atoms with van der Waals surface area (Å²) in [4.78, 5) is 35.7. The van der Waals surface area contributed by atoms with E-state index in [2.05, 4.69) is 26.5 Å². The SMILES string of the molecule is COc1ccc(F)cc1C(=O)NCc1ccc(-c2nc(N3CCC4(CCNC4=C=O)CC3)n3ccnc(N)c23)cc1. The number of nitrogen functional groups attached to an aromatic ring is 1. The lowest BCUT2D eigenvalue weighted by atomic mass is 9.76. The monoisotopic (exact) mass is 555 g/mol. The van der Waals surface area contributed by atoms with Crippen LogP contribution < -0.4 is 26.0 Å². The second-order valence-electron chi connectivity index (χ2n) is 10.4. The number of nitrogens with one attached hydrogen (secondary N) is 2. The van der Waals surface area contributed by atoms with E-state index >= 15 is 0 Å². The molecule has 2 aliphatic heterocycles. The highest BCUT2D eigenvalue weighted by atomic mass is 19.1. The molecule has 1 spiro atoms. The second kappa shape index (κ2) is 10.6. The fraction of sp³-hybridized carbons (Fsp3) is 0.300. The van der Waals surface area contributed by atoms with Gasteiger partial charge in [-0.2, -0.15) is 0 Å². The van der Waals surface area contributed by atoms with Crippen molar-refractivity contribution in [3.8, 4) is 17.0 Å². The number of methoxy groups -OCH3 is 1. The highest BCUT2D eigenvalue weighted by Crippen LogP contribution is 2.44. The summed E-state index contributed by atoms with van der Waals surface area (Å²) in [6.45, 7) is 2.56. The van der Waals surface area contributed by atoms with Crippen LogP contribution in [0.2, 0.25) is 0 Å². The fourth-order valence-corrected chi connectivity index (χ4v) is 5.91. The maximum atomic E-state index is 13.7. The number of nitrogens with two attached hydrogens (primary N) is 1. The number of carbonyl (C=O) groups is 1. The van der Waals surface area contributed by atoms with E-state index in [9.17, 15) is 14.0 Å². The standard InChI is InChI=1S/C30H30FN7O3/c1-41-23-7-6-21(31)16-22(23)28(40)35-17-19-2-4-20(5-3-19)25-26-27(32)34-12-15-38(26)29(36-25)37-13-9-30(10-14-37)8-11-33-24(30)18-39/h2-7,12,15-16,33H,8-11,13-14,17H2,1H3,(H2,32,34)(H,35,40). The molecule has 41 heavy (non-hydrogen) atoms. The molecule has 0 bridgehead atoms. The highest BCUT2D eigenvalue weighted by Gasteiger charge is 2.43. The van der Waals surface area contributed by atoms with Gasteiger partial charge in [0.2, 0.25) is 5.95 Å². The number of carbonyl (C=O) groups excluding carboxylic acids is 2. The maximum Gasteiger partial charge on any atom is 0.255 e. The number of rotatable bonds is 6. The zero-order chi connectivity index (χ0) is 28.6. The molecule has 10 nitrogen and oxygen atoms in total. The predicted octanol–water partition coefficient (Wildman–Crippen LogP) is 3.35. The third kappa shape index (κ3) is 4.74. The molecule has 2 aliphatic rings. The molecular formula is C30H30FN7O3. The molecule has 0 unspecified atom stereocenters. The summed E-state index contributed by atoms with van der Waals surface area (Å²) >= 11 is 0. The first kappa shape index (κ1) is 26.3. The van der Waals surface area contributed by atoms with Crippen LogP contribution in [-0.2, 0) is 11.3 Å². The van der Waals surface area contributed by atoms with Crippen LogP contribution in [0.25, 0.3) is 16.8 Å². The molecule has 0 aliphatic carbocycles. The van der Waals surface area contributed by atoms with Gasteiger partial charge < -0.3 is 26.0 Å². The van der Waals surface area contributed by atoms with Crippen molar-refractivity contribution in [3.05, 3.63) is 77.5 Å². The van der Waals surface area contributed by atoms with Gasteiger partial charge >= 0.3 is 0 Å². The van der Waals surface area contributed by atoms with Crippen LogP contribution in [0.4, 0.5) is 16.2 Å². The highest BCUT2D eigenvalue weighted by molar-refractivity contribution is 5.97. The molecule has 2 fully saturated rings. The van der Waals surface area contributed by atoms with E-state index in [1.54, 1.807) is 6.20 Å². The van der Waals surface area contributed by atoms with Crippen molar-refractivity contribution < 1.29 is 18.7 Å². The zero-order valence-electron chi connectivity index (χ0n) is 22.6. The number of benzene rings is 2. The Hall–Kier alpha value is -4.89. The summed E-state index contributed by atoms with van der Waals surface area (Å²) in [7, 11) is 1.44. The van der Waals surface area contributed by atoms with Gasteiger partial charge in [-0.1, -0.05) is 24.3 Å². The smallest absolute Gasteiger partial charge is 0.255 e. The summed E-state index contributed by atoms with van der Waals surface area (Å²) in [5, 5.41) is 6.02. The number of anilines is 2. The van der Waals surface area contributed by atoms with E-state index < -0.39 is 11.7 Å². The van der Waals surface area contributed by atoms with Crippen LogP contribution in [0.3, 0.4) is 0 Å². The van der Waals surface area contributed by atoms with Gasteiger partial charge in [-0.3, -0.25) is 9.20 Å². The average molecular weight is 556 g/mol. The van der Waals surface area contributed by atoms with Gasteiger partial charge in [-0.05, 0) is 43.0 Å². The van der Waals surface area contributed by atoms with Crippen LogP contribution in [0, 0.1) is 11.2 Å². The van der Waals surface area contributed by atoms with E-state index in [4.69, 9.17) is 15.5 Å². The van der Waals surface area contributed by atoms with Gasteiger partial charge in [-0.15, -0.1) is 0 Å². The van der Waals surface area contributed by atoms with Crippen LogP contribution >= 0.6 is 0 Å². The van der Waals surface area contributed by atoms with E-state index in [-0.39, 0.29) is 17.5 Å². The molecule has 0 saturated carbocycles. The maximum absolute atomic E-state index is 13.7. The molecule has 4 aromatic rings. The molecule has 0 atom stereocenters. The topological polar surface area (TPSA) is 127 Å². The van der Waals surface area contributed by atoms with Crippen molar-refractivity contribution in [1.29, 1.82) is 0 Å². The minimum atomic E-state index is -0.511. The molecule has 210 valence electrons. The Balaban J connectivity index is 1.22. The molecule has 2 aromatic heterocycles. The van der Waals surface area contributed by atoms with Gasteiger partial charge in [0.05, 0.1) is 12.7 Å². The third-order valence-corrected chi connectivity index (χ3v) is 8.19. The van der Waals surface area contributed by atoms with E-state index in [1.807, 2.05) is 34.9 Å². The summed E-state index contributed by atoms with van der Waals surface area (Å²) in [5.74, 6) is 2.64. The quantitative estimate of drug-likeness (QED) is 0.309. The van der Waals surface area contributed by atoms with Crippen molar-refractivity contribution in [2.75, 3.05) is 37.4 Å². The molecule has 11 heteroatoms. The second-order valence-corrected chi connectivity index (χ2v) is 10.4. The number of aromatic nitrogens is 3. The van der Waals surface area contributed by atoms with Crippen LogP contribution in [0.15, 0.2) is 60.6 Å². The van der Waals surface area contributed by atoms with E-state index in [0.29, 0.717) is 23.0 Å². The number of ether oxygens (including phenoxy) is 1. The van der Waals surface area contributed by atoms with Crippen molar-refractivity contribution in [1.82, 2.24) is 25.0 Å².